The van der Waals surface area contributed by atoms with Gasteiger partial charge in [-0.25, -0.2) is 9.59 Å². The minimum absolute atomic E-state index is 0.000928. The van der Waals surface area contributed by atoms with Crippen LogP contribution in [0.15, 0.2) is 33.5 Å². The molecule has 1 aromatic carbocycles. The third kappa shape index (κ3) is 7.46. The number of amides is 3. The van der Waals surface area contributed by atoms with Crippen LogP contribution in [0, 0.1) is 6.92 Å². The second-order valence-electron chi connectivity index (χ2n) is 9.04. The van der Waals surface area contributed by atoms with Crippen LogP contribution in [0.3, 0.4) is 0 Å². The quantitative estimate of drug-likeness (QED) is 0.372. The molecule has 0 saturated heterocycles. The molecule has 0 spiro atoms. The molecule has 3 amide bonds. The number of nitrogens with zero attached hydrogens (tertiary/aromatic N) is 1. The maximum atomic E-state index is 13.2. The van der Waals surface area contributed by atoms with Gasteiger partial charge in [-0.15, -0.1) is 0 Å². The highest BCUT2D eigenvalue weighted by Crippen LogP contribution is 2.25. The van der Waals surface area contributed by atoms with Gasteiger partial charge in [0.1, 0.15) is 11.6 Å². The lowest BCUT2D eigenvalue weighted by molar-refractivity contribution is -0.173. The number of hydrogen-bond donors (Lipinski definition) is 3. The molecule has 2 aromatic rings. The number of hydrogen-bond acceptors (Lipinski definition) is 5. The Balaban J connectivity index is 2.20. The Morgan fingerprint density at radius 3 is 2.34 bits per heavy atom. The number of carbonyl (C=O) groups excluding carboxylic acids is 2. The Labute approximate surface area is 199 Å². The zero-order chi connectivity index (χ0) is 26.6. The van der Waals surface area contributed by atoms with Gasteiger partial charge >= 0.3 is 23.8 Å². The van der Waals surface area contributed by atoms with Crippen LogP contribution in [0.5, 0.6) is 0 Å². The lowest BCUT2D eigenvalue weighted by Crippen LogP contribution is -2.55. The van der Waals surface area contributed by atoms with Gasteiger partial charge in [-0.05, 0) is 64.7 Å². The first-order chi connectivity index (χ1) is 16.1. The van der Waals surface area contributed by atoms with E-state index in [1.807, 2.05) is 0 Å². The number of nitrogens with one attached hydrogen (secondary N) is 2. The number of fused-ring (bicyclic) bond motifs is 1. The van der Waals surface area contributed by atoms with E-state index in [1.54, 1.807) is 45.1 Å². The number of carboxylic acid groups (broad SMARTS) is 1. The van der Waals surface area contributed by atoms with E-state index in [0.717, 1.165) is 4.90 Å². The van der Waals surface area contributed by atoms with Crippen molar-refractivity contribution in [1.29, 1.82) is 0 Å². The van der Waals surface area contributed by atoms with Gasteiger partial charge in [0.2, 0.25) is 5.91 Å². The standard InChI is InChI=1S/C23H28F3N3O6/c1-13-11-18(30)35-17-12-14(8-9-15(13)17)28-19(31)16(29(21(33)34)22(2,3)4)7-5-6-10-27-20(32)23(24,25)26/h8-9,11-12,16H,5-7,10H2,1-4H3,(H,27,32)(H,28,31)(H,33,34)/t16-/m0/s1. The fourth-order valence-electron chi connectivity index (χ4n) is 3.66. The maximum Gasteiger partial charge on any atom is 0.471 e. The highest BCUT2D eigenvalue weighted by molar-refractivity contribution is 5.98. The van der Waals surface area contributed by atoms with E-state index >= 15 is 0 Å². The number of aryl methyl sites for hydroxylation is 1. The summed E-state index contributed by atoms with van der Waals surface area (Å²) in [5, 5.41) is 14.8. The van der Waals surface area contributed by atoms with Gasteiger partial charge in [-0.1, -0.05) is 0 Å². The molecule has 0 aliphatic heterocycles. The van der Waals surface area contributed by atoms with Crippen LogP contribution < -0.4 is 16.3 Å². The van der Waals surface area contributed by atoms with Crippen LogP contribution in [0.4, 0.5) is 23.7 Å². The van der Waals surface area contributed by atoms with Crippen LogP contribution in [0.1, 0.15) is 45.6 Å². The van der Waals surface area contributed by atoms with Gasteiger partial charge < -0.3 is 20.2 Å². The first-order valence-corrected chi connectivity index (χ1v) is 10.8. The molecule has 0 aliphatic carbocycles. The fourth-order valence-corrected chi connectivity index (χ4v) is 3.66. The first kappa shape index (κ1) is 27.7. The number of halogens is 3. The molecule has 0 bridgehead atoms. The van der Waals surface area contributed by atoms with Crippen LogP contribution in [0.2, 0.25) is 0 Å². The van der Waals surface area contributed by atoms with Crippen molar-refractivity contribution in [3.8, 4) is 0 Å². The van der Waals surface area contributed by atoms with E-state index < -0.39 is 41.3 Å². The van der Waals surface area contributed by atoms with Crippen LogP contribution in [-0.4, -0.2) is 52.2 Å². The van der Waals surface area contributed by atoms with Crippen molar-refractivity contribution in [2.24, 2.45) is 0 Å². The average Bonchev–Trinajstić information content (AvgIpc) is 2.69. The molecule has 2 rings (SSSR count). The van der Waals surface area contributed by atoms with Gasteiger partial charge in [0, 0.05) is 35.3 Å². The summed E-state index contributed by atoms with van der Waals surface area (Å²) in [6, 6.07) is 4.85. The molecule has 0 radical (unpaired) electrons. The zero-order valence-corrected chi connectivity index (χ0v) is 19.8. The Morgan fingerprint density at radius 1 is 1.11 bits per heavy atom. The Hall–Kier alpha value is -3.57. The highest BCUT2D eigenvalue weighted by Gasteiger charge is 2.39. The van der Waals surface area contributed by atoms with Crippen molar-refractivity contribution in [1.82, 2.24) is 10.2 Å². The van der Waals surface area contributed by atoms with Gasteiger partial charge in [-0.2, -0.15) is 13.2 Å². The van der Waals surface area contributed by atoms with Gasteiger partial charge in [0.15, 0.2) is 0 Å². The molecule has 1 aromatic heterocycles. The van der Waals surface area contributed by atoms with Crippen LogP contribution in [0.25, 0.3) is 11.0 Å². The molecule has 9 nitrogen and oxygen atoms in total. The molecule has 0 fully saturated rings. The fraction of sp³-hybridized carbons (Fsp3) is 0.478. The molecule has 12 heteroatoms. The molecule has 192 valence electrons. The number of rotatable bonds is 8. The molecule has 0 unspecified atom stereocenters. The Kier molecular flexibility index (Phi) is 8.53. The van der Waals surface area contributed by atoms with E-state index in [2.05, 4.69) is 5.32 Å². The van der Waals surface area contributed by atoms with E-state index in [9.17, 15) is 37.5 Å². The minimum atomic E-state index is -4.99. The van der Waals surface area contributed by atoms with E-state index in [0.29, 0.717) is 10.9 Å². The number of unbranched alkanes of at least 4 members (excludes halogenated alkanes) is 1. The lowest BCUT2D eigenvalue weighted by atomic mass is 9.99. The average molecular weight is 499 g/mol. The summed E-state index contributed by atoms with van der Waals surface area (Å²) >= 11 is 0. The summed E-state index contributed by atoms with van der Waals surface area (Å²) in [5.74, 6) is -2.72. The number of anilines is 1. The molecule has 3 N–H and O–H groups in total. The third-order valence-electron chi connectivity index (χ3n) is 5.21. The van der Waals surface area contributed by atoms with Crippen LogP contribution >= 0.6 is 0 Å². The normalized spacial score (nSPS) is 12.8. The summed E-state index contributed by atoms with van der Waals surface area (Å²) in [6.07, 6.45) is -6.07. The van der Waals surface area contributed by atoms with Crippen molar-refractivity contribution in [2.45, 2.75) is 64.7 Å². The van der Waals surface area contributed by atoms with Crippen molar-refractivity contribution >= 4 is 34.6 Å². The topological polar surface area (TPSA) is 129 Å². The predicted octanol–water partition coefficient (Wildman–Crippen LogP) is 4.04. The largest absolute Gasteiger partial charge is 0.471 e. The number of carbonyl (C=O) groups is 3. The molecular weight excluding hydrogens is 471 g/mol. The second kappa shape index (κ2) is 10.8. The minimum Gasteiger partial charge on any atom is -0.465 e. The van der Waals surface area contributed by atoms with Crippen molar-refractivity contribution in [3.05, 3.63) is 40.2 Å². The van der Waals surface area contributed by atoms with Gasteiger partial charge in [0.05, 0.1) is 0 Å². The van der Waals surface area contributed by atoms with E-state index in [1.165, 1.54) is 12.1 Å². The van der Waals surface area contributed by atoms with Crippen molar-refractivity contribution in [3.63, 3.8) is 0 Å². The summed E-state index contributed by atoms with van der Waals surface area (Å²) in [4.78, 5) is 48.7. The predicted molar refractivity (Wildman–Crippen MR) is 122 cm³/mol. The van der Waals surface area contributed by atoms with Crippen molar-refractivity contribution in [2.75, 3.05) is 11.9 Å². The number of benzene rings is 1. The van der Waals surface area contributed by atoms with E-state index in [4.69, 9.17) is 4.42 Å². The summed E-state index contributed by atoms with van der Waals surface area (Å²) in [5.41, 5.74) is -0.312. The first-order valence-electron chi connectivity index (χ1n) is 10.8. The summed E-state index contributed by atoms with van der Waals surface area (Å²) in [6.45, 7) is 6.28. The van der Waals surface area contributed by atoms with Gasteiger partial charge in [0.25, 0.3) is 0 Å². The van der Waals surface area contributed by atoms with E-state index in [-0.39, 0.29) is 37.1 Å². The second-order valence-corrected chi connectivity index (χ2v) is 9.04. The zero-order valence-electron chi connectivity index (χ0n) is 19.8. The molecule has 1 heterocycles. The van der Waals surface area contributed by atoms with Crippen LogP contribution in [-0.2, 0) is 9.59 Å². The highest BCUT2D eigenvalue weighted by atomic mass is 19.4. The molecular formula is C23H28F3N3O6. The molecule has 35 heavy (non-hydrogen) atoms. The SMILES string of the molecule is Cc1cc(=O)oc2cc(NC(=O)[C@H](CCCCNC(=O)C(F)(F)F)N(C(=O)O)C(C)(C)C)ccc12. The lowest BCUT2D eigenvalue weighted by Gasteiger charge is -2.38. The molecule has 0 saturated carbocycles. The summed E-state index contributed by atoms with van der Waals surface area (Å²) < 4.78 is 42.1. The van der Waals surface area contributed by atoms with Crippen molar-refractivity contribution < 1.29 is 37.1 Å². The molecule has 1 atom stereocenters. The third-order valence-corrected chi connectivity index (χ3v) is 5.21. The van der Waals surface area contributed by atoms with Gasteiger partial charge in [-0.3, -0.25) is 14.5 Å². The molecule has 0 aliphatic rings. The maximum absolute atomic E-state index is 13.2. The monoisotopic (exact) mass is 499 g/mol. The number of alkyl halides is 3. The smallest absolute Gasteiger partial charge is 0.465 e. The Morgan fingerprint density at radius 2 is 1.77 bits per heavy atom. The Bertz CT molecular complexity index is 1150. The summed E-state index contributed by atoms with van der Waals surface area (Å²) in [7, 11) is 0.